The third-order valence-electron chi connectivity index (χ3n) is 3.83. The van der Waals surface area contributed by atoms with E-state index in [1.807, 2.05) is 16.8 Å². The van der Waals surface area contributed by atoms with Crippen molar-refractivity contribution in [1.82, 2.24) is 20.0 Å². The van der Waals surface area contributed by atoms with Crippen molar-refractivity contribution >= 4 is 27.2 Å². The van der Waals surface area contributed by atoms with Gasteiger partial charge in [-0.15, -0.1) is 0 Å². The maximum Gasteiger partial charge on any atom is 0.318 e. The van der Waals surface area contributed by atoms with E-state index in [1.165, 1.54) is 0 Å². The van der Waals surface area contributed by atoms with Crippen LogP contribution in [0.5, 0.6) is 0 Å². The Morgan fingerprint density at radius 1 is 1.52 bits per heavy atom. The van der Waals surface area contributed by atoms with Crippen LogP contribution in [-0.2, 0) is 23.4 Å². The molecule has 23 heavy (non-hydrogen) atoms. The van der Waals surface area contributed by atoms with Crippen LogP contribution in [0.4, 0.5) is 4.79 Å². The number of urea groups is 1. The Labute approximate surface area is 138 Å². The van der Waals surface area contributed by atoms with Crippen molar-refractivity contribution in [3.63, 3.8) is 0 Å². The van der Waals surface area contributed by atoms with Crippen LogP contribution in [0.25, 0.3) is 0 Å². The zero-order valence-electron chi connectivity index (χ0n) is 12.7. The predicted molar refractivity (Wildman–Crippen MR) is 87.9 cm³/mol. The smallest absolute Gasteiger partial charge is 0.318 e. The average molecular weight is 354 g/mol. The Bertz CT molecular complexity index is 783. The van der Waals surface area contributed by atoms with Crippen LogP contribution >= 0.6 is 11.3 Å². The SMILES string of the molecule is Cn1cc([C@H]2CS(=O)(=O)CCN2C(=O)NCc2ccsc2)cn1. The number of thiophene rings is 1. The fraction of sp³-hybridized carbons (Fsp3) is 0.429. The first-order chi connectivity index (χ1) is 10.9. The van der Waals surface area contributed by atoms with Gasteiger partial charge >= 0.3 is 6.03 Å². The molecule has 0 unspecified atom stereocenters. The Morgan fingerprint density at radius 3 is 3.00 bits per heavy atom. The second-order valence-corrected chi connectivity index (χ2v) is 8.57. The molecule has 1 aliphatic rings. The number of nitrogens with zero attached hydrogens (tertiary/aromatic N) is 3. The minimum atomic E-state index is -3.15. The van der Waals surface area contributed by atoms with Gasteiger partial charge in [0.05, 0.1) is 23.7 Å². The maximum absolute atomic E-state index is 12.5. The quantitative estimate of drug-likeness (QED) is 0.896. The molecule has 0 saturated carbocycles. The van der Waals surface area contributed by atoms with Crippen molar-refractivity contribution in [3.05, 3.63) is 40.3 Å². The van der Waals surface area contributed by atoms with Crippen LogP contribution in [0.1, 0.15) is 17.2 Å². The predicted octanol–water partition coefficient (Wildman–Crippen LogP) is 1.16. The third-order valence-corrected chi connectivity index (χ3v) is 6.19. The molecule has 1 saturated heterocycles. The maximum atomic E-state index is 12.5. The molecular formula is C14H18N4O3S2. The summed E-state index contributed by atoms with van der Waals surface area (Å²) < 4.78 is 25.5. The number of carbonyl (C=O) groups is 1. The molecule has 0 spiro atoms. The van der Waals surface area contributed by atoms with Crippen molar-refractivity contribution in [2.75, 3.05) is 18.1 Å². The number of hydrogen-bond acceptors (Lipinski definition) is 5. The molecule has 7 nitrogen and oxygen atoms in total. The lowest BCUT2D eigenvalue weighted by Crippen LogP contribution is -2.49. The van der Waals surface area contributed by atoms with Gasteiger partial charge in [0, 0.05) is 31.9 Å². The fourth-order valence-corrected chi connectivity index (χ4v) is 4.77. The number of sulfone groups is 1. The van der Waals surface area contributed by atoms with Gasteiger partial charge in [-0.2, -0.15) is 16.4 Å². The summed E-state index contributed by atoms with van der Waals surface area (Å²) in [5.41, 5.74) is 1.77. The van der Waals surface area contributed by atoms with Gasteiger partial charge in [0.1, 0.15) is 0 Å². The molecule has 9 heteroatoms. The summed E-state index contributed by atoms with van der Waals surface area (Å²) in [5.74, 6) is -0.0692. The molecule has 1 N–H and O–H groups in total. The van der Waals surface area contributed by atoms with E-state index < -0.39 is 15.9 Å². The summed E-state index contributed by atoms with van der Waals surface area (Å²) in [6.45, 7) is 0.628. The van der Waals surface area contributed by atoms with Crippen molar-refractivity contribution in [2.45, 2.75) is 12.6 Å². The minimum Gasteiger partial charge on any atom is -0.334 e. The fourth-order valence-electron chi connectivity index (χ4n) is 2.61. The highest BCUT2D eigenvalue weighted by Crippen LogP contribution is 2.26. The van der Waals surface area contributed by atoms with Crippen LogP contribution in [0.3, 0.4) is 0 Å². The molecule has 0 aromatic carbocycles. The summed E-state index contributed by atoms with van der Waals surface area (Å²) in [6, 6.07) is 1.20. The van der Waals surface area contributed by atoms with Crippen molar-refractivity contribution in [3.8, 4) is 0 Å². The van der Waals surface area contributed by atoms with Crippen LogP contribution in [-0.4, -0.2) is 47.2 Å². The van der Waals surface area contributed by atoms with Crippen molar-refractivity contribution in [2.24, 2.45) is 7.05 Å². The molecular weight excluding hydrogens is 336 g/mol. The molecule has 1 atom stereocenters. The molecule has 124 valence electrons. The van der Waals surface area contributed by atoms with Crippen LogP contribution in [0.2, 0.25) is 0 Å². The first kappa shape index (κ1) is 16.0. The largest absolute Gasteiger partial charge is 0.334 e. The van der Waals surface area contributed by atoms with Crippen LogP contribution in [0.15, 0.2) is 29.2 Å². The Balaban J connectivity index is 1.76. The number of rotatable bonds is 3. The Morgan fingerprint density at radius 2 is 2.35 bits per heavy atom. The summed E-state index contributed by atoms with van der Waals surface area (Å²) in [7, 11) is -1.39. The van der Waals surface area contributed by atoms with Crippen LogP contribution in [0, 0.1) is 0 Å². The lowest BCUT2D eigenvalue weighted by molar-refractivity contribution is 0.180. The van der Waals surface area contributed by atoms with Gasteiger partial charge < -0.3 is 10.2 Å². The monoisotopic (exact) mass is 354 g/mol. The zero-order chi connectivity index (χ0) is 16.4. The highest BCUT2D eigenvalue weighted by atomic mass is 32.2. The topological polar surface area (TPSA) is 84.3 Å². The van der Waals surface area contributed by atoms with Gasteiger partial charge in [-0.05, 0) is 22.4 Å². The number of carbonyl (C=O) groups excluding carboxylic acids is 1. The van der Waals surface area contributed by atoms with Gasteiger partial charge in [-0.1, -0.05) is 0 Å². The van der Waals surface area contributed by atoms with E-state index in [0.29, 0.717) is 6.54 Å². The molecule has 1 fully saturated rings. The second kappa shape index (κ2) is 6.32. The van der Waals surface area contributed by atoms with Crippen LogP contribution < -0.4 is 5.32 Å². The van der Waals surface area contributed by atoms with E-state index >= 15 is 0 Å². The number of amides is 2. The van der Waals surface area contributed by atoms with Gasteiger partial charge in [-0.25, -0.2) is 13.2 Å². The van der Waals surface area contributed by atoms with Gasteiger partial charge in [0.25, 0.3) is 0 Å². The summed E-state index contributed by atoms with van der Waals surface area (Å²) >= 11 is 1.57. The molecule has 0 radical (unpaired) electrons. The zero-order valence-corrected chi connectivity index (χ0v) is 14.3. The van der Waals surface area contributed by atoms with E-state index in [9.17, 15) is 13.2 Å². The number of aromatic nitrogens is 2. The van der Waals surface area contributed by atoms with Crippen molar-refractivity contribution in [1.29, 1.82) is 0 Å². The summed E-state index contributed by atoms with van der Waals surface area (Å²) in [6.07, 6.45) is 3.37. The lowest BCUT2D eigenvalue weighted by atomic mass is 10.1. The third kappa shape index (κ3) is 3.73. The molecule has 0 bridgehead atoms. The average Bonchev–Trinajstić information content (AvgIpc) is 3.15. The molecule has 3 heterocycles. The minimum absolute atomic E-state index is 0.00433. The summed E-state index contributed by atoms with van der Waals surface area (Å²) in [4.78, 5) is 14.1. The van der Waals surface area contributed by atoms with Gasteiger partial charge in [-0.3, -0.25) is 4.68 Å². The first-order valence-corrected chi connectivity index (χ1v) is 9.95. The highest BCUT2D eigenvalue weighted by molar-refractivity contribution is 7.91. The summed E-state index contributed by atoms with van der Waals surface area (Å²) in [5, 5.41) is 10.9. The first-order valence-electron chi connectivity index (χ1n) is 7.19. The van der Waals surface area contributed by atoms with E-state index in [2.05, 4.69) is 10.4 Å². The van der Waals surface area contributed by atoms with E-state index in [4.69, 9.17) is 0 Å². The molecule has 0 aliphatic carbocycles. The molecule has 1 aliphatic heterocycles. The Hall–Kier alpha value is -1.87. The molecule has 2 aromatic rings. The van der Waals surface area contributed by atoms with Gasteiger partial charge in [0.2, 0.25) is 0 Å². The highest BCUT2D eigenvalue weighted by Gasteiger charge is 2.35. The molecule has 2 aromatic heterocycles. The normalized spacial score (nSPS) is 20.4. The van der Waals surface area contributed by atoms with E-state index in [1.54, 1.807) is 40.4 Å². The second-order valence-electron chi connectivity index (χ2n) is 5.56. The lowest BCUT2D eigenvalue weighted by Gasteiger charge is -2.34. The number of nitrogens with one attached hydrogen (secondary N) is 1. The number of hydrogen-bond donors (Lipinski definition) is 1. The van der Waals surface area contributed by atoms with Gasteiger partial charge in [0.15, 0.2) is 9.84 Å². The van der Waals surface area contributed by atoms with E-state index in [-0.39, 0.29) is 24.1 Å². The van der Waals surface area contributed by atoms with Crippen molar-refractivity contribution < 1.29 is 13.2 Å². The van der Waals surface area contributed by atoms with E-state index in [0.717, 1.165) is 11.1 Å². The molecule has 3 rings (SSSR count). The number of aryl methyl sites for hydroxylation is 1. The molecule has 2 amide bonds. The standard InChI is InChI=1S/C14H18N4O3S2/c1-17-8-12(7-16-17)13-10-23(20,21)5-3-18(13)14(19)15-6-11-2-4-22-9-11/h2,4,7-9,13H,3,5-6,10H2,1H3,(H,15,19)/t13-/m1/s1. The Kier molecular flexibility index (Phi) is 4.40.